The van der Waals surface area contributed by atoms with Crippen molar-refractivity contribution in [1.82, 2.24) is 15.5 Å². The predicted octanol–water partition coefficient (Wildman–Crippen LogP) is 0.516. The summed E-state index contributed by atoms with van der Waals surface area (Å²) in [6, 6.07) is -0.447. The number of halogens is 1. The van der Waals surface area contributed by atoms with Gasteiger partial charge in [-0.2, -0.15) is 0 Å². The van der Waals surface area contributed by atoms with Crippen molar-refractivity contribution in [3.05, 3.63) is 0 Å². The third-order valence-corrected chi connectivity index (χ3v) is 4.18. The second-order valence-electron chi connectivity index (χ2n) is 6.08. The van der Waals surface area contributed by atoms with E-state index in [4.69, 9.17) is 5.73 Å². The SMILES string of the molecule is CC(N)CCNC(=O)CN1C(=O)NC2(CCCCC2)C1=O.Cl. The molecule has 1 spiro atoms. The lowest BCUT2D eigenvalue weighted by molar-refractivity contribution is -0.135. The third-order valence-electron chi connectivity index (χ3n) is 4.18. The summed E-state index contributed by atoms with van der Waals surface area (Å²) in [4.78, 5) is 37.3. The minimum atomic E-state index is -0.763. The second-order valence-corrected chi connectivity index (χ2v) is 6.08. The topological polar surface area (TPSA) is 105 Å². The maximum Gasteiger partial charge on any atom is 0.325 e. The zero-order valence-electron chi connectivity index (χ0n) is 12.9. The van der Waals surface area contributed by atoms with E-state index in [9.17, 15) is 14.4 Å². The van der Waals surface area contributed by atoms with Crippen LogP contribution in [0, 0.1) is 0 Å². The summed E-state index contributed by atoms with van der Waals surface area (Å²) >= 11 is 0. The van der Waals surface area contributed by atoms with Crippen LogP contribution in [0.1, 0.15) is 45.4 Å². The molecule has 8 heteroatoms. The summed E-state index contributed by atoms with van der Waals surface area (Å²) in [5, 5.41) is 5.47. The Kier molecular flexibility index (Phi) is 6.62. The summed E-state index contributed by atoms with van der Waals surface area (Å²) < 4.78 is 0. The molecular weight excluding hydrogens is 308 g/mol. The predicted molar refractivity (Wildman–Crippen MR) is 84.6 cm³/mol. The quantitative estimate of drug-likeness (QED) is 0.638. The number of hydrogen-bond acceptors (Lipinski definition) is 4. The lowest BCUT2D eigenvalue weighted by atomic mass is 9.82. The molecule has 4 amide bonds. The number of imide groups is 1. The van der Waals surface area contributed by atoms with Crippen LogP contribution in [0.2, 0.25) is 0 Å². The van der Waals surface area contributed by atoms with Crippen molar-refractivity contribution in [1.29, 1.82) is 0 Å². The van der Waals surface area contributed by atoms with Crippen molar-refractivity contribution < 1.29 is 14.4 Å². The van der Waals surface area contributed by atoms with Crippen LogP contribution in [0.5, 0.6) is 0 Å². The number of nitrogens with two attached hydrogens (primary N) is 1. The molecule has 2 rings (SSSR count). The van der Waals surface area contributed by atoms with E-state index in [1.165, 1.54) is 0 Å². The van der Waals surface area contributed by atoms with E-state index >= 15 is 0 Å². The van der Waals surface area contributed by atoms with Gasteiger partial charge in [0.05, 0.1) is 0 Å². The van der Waals surface area contributed by atoms with Gasteiger partial charge in [-0.15, -0.1) is 12.4 Å². The van der Waals surface area contributed by atoms with Gasteiger partial charge >= 0.3 is 6.03 Å². The van der Waals surface area contributed by atoms with Gasteiger partial charge in [0.25, 0.3) is 5.91 Å². The first-order valence-electron chi connectivity index (χ1n) is 7.61. The van der Waals surface area contributed by atoms with Crippen LogP contribution in [0.4, 0.5) is 4.79 Å². The molecule has 1 atom stereocenters. The molecule has 0 bridgehead atoms. The number of nitrogens with zero attached hydrogens (tertiary/aromatic N) is 1. The first-order chi connectivity index (χ1) is 9.94. The van der Waals surface area contributed by atoms with Crippen LogP contribution in [-0.2, 0) is 9.59 Å². The van der Waals surface area contributed by atoms with E-state index in [1.54, 1.807) is 0 Å². The molecule has 0 radical (unpaired) electrons. The fourth-order valence-electron chi connectivity index (χ4n) is 2.95. The fraction of sp³-hybridized carbons (Fsp3) is 0.786. The molecule has 126 valence electrons. The molecule has 1 saturated heterocycles. The van der Waals surface area contributed by atoms with Crippen LogP contribution >= 0.6 is 12.4 Å². The Labute approximate surface area is 136 Å². The number of hydrogen-bond donors (Lipinski definition) is 3. The number of rotatable bonds is 5. The zero-order valence-corrected chi connectivity index (χ0v) is 13.7. The van der Waals surface area contributed by atoms with E-state index in [0.717, 1.165) is 24.2 Å². The normalized spacial score (nSPS) is 21.3. The highest BCUT2D eigenvalue weighted by atomic mass is 35.5. The zero-order chi connectivity index (χ0) is 15.5. The monoisotopic (exact) mass is 332 g/mol. The highest BCUT2D eigenvalue weighted by Gasteiger charge is 2.51. The third kappa shape index (κ3) is 4.10. The Hall–Kier alpha value is -1.34. The Balaban J connectivity index is 0.00000242. The molecule has 1 aliphatic carbocycles. The minimum absolute atomic E-state index is 0. The average Bonchev–Trinajstić information content (AvgIpc) is 2.64. The Morgan fingerprint density at radius 3 is 2.59 bits per heavy atom. The number of nitrogens with one attached hydrogen (secondary N) is 2. The van der Waals surface area contributed by atoms with Gasteiger partial charge in [-0.05, 0) is 26.2 Å². The van der Waals surface area contributed by atoms with Crippen molar-refractivity contribution in [2.45, 2.75) is 57.0 Å². The standard InChI is InChI=1S/C14H24N4O3.ClH/c1-10(15)5-8-16-11(19)9-18-12(20)14(17-13(18)21)6-3-2-4-7-14;/h10H,2-9,15H2,1H3,(H,16,19)(H,17,21);1H. The first-order valence-corrected chi connectivity index (χ1v) is 7.61. The van der Waals surface area contributed by atoms with E-state index in [0.29, 0.717) is 25.8 Å². The number of urea groups is 1. The van der Waals surface area contributed by atoms with Crippen molar-refractivity contribution in [3.63, 3.8) is 0 Å². The second kappa shape index (κ2) is 7.78. The molecule has 0 aromatic rings. The van der Waals surface area contributed by atoms with Gasteiger partial charge in [-0.3, -0.25) is 14.5 Å². The van der Waals surface area contributed by atoms with Crippen LogP contribution in [0.15, 0.2) is 0 Å². The smallest absolute Gasteiger partial charge is 0.325 e. The fourth-order valence-corrected chi connectivity index (χ4v) is 2.95. The largest absolute Gasteiger partial charge is 0.354 e. The van der Waals surface area contributed by atoms with Gasteiger partial charge in [0.2, 0.25) is 5.91 Å². The number of carbonyl (C=O) groups is 3. The Morgan fingerprint density at radius 2 is 2.00 bits per heavy atom. The van der Waals surface area contributed by atoms with Crippen molar-refractivity contribution in [2.75, 3.05) is 13.1 Å². The van der Waals surface area contributed by atoms with Crippen molar-refractivity contribution in [2.24, 2.45) is 5.73 Å². The van der Waals surface area contributed by atoms with E-state index < -0.39 is 11.6 Å². The van der Waals surface area contributed by atoms with Gasteiger partial charge in [0.1, 0.15) is 12.1 Å². The molecule has 1 aliphatic heterocycles. The highest BCUT2D eigenvalue weighted by Crippen LogP contribution is 2.33. The van der Waals surface area contributed by atoms with Crippen LogP contribution in [-0.4, -0.2) is 47.4 Å². The van der Waals surface area contributed by atoms with Gasteiger partial charge < -0.3 is 16.4 Å². The van der Waals surface area contributed by atoms with E-state index in [1.807, 2.05) is 6.92 Å². The number of amides is 4. The summed E-state index contributed by atoms with van der Waals surface area (Å²) in [5.74, 6) is -0.582. The summed E-state index contributed by atoms with van der Waals surface area (Å²) in [6.45, 7) is 2.09. The molecular formula is C14H25ClN4O3. The highest BCUT2D eigenvalue weighted by molar-refractivity contribution is 6.09. The lowest BCUT2D eigenvalue weighted by Gasteiger charge is -2.30. The average molecular weight is 333 g/mol. The van der Waals surface area contributed by atoms with E-state index in [-0.39, 0.29) is 36.8 Å². The molecule has 2 aliphatic rings. The minimum Gasteiger partial charge on any atom is -0.354 e. The molecule has 1 saturated carbocycles. The van der Waals surface area contributed by atoms with Crippen LogP contribution in [0.3, 0.4) is 0 Å². The molecule has 4 N–H and O–H groups in total. The lowest BCUT2D eigenvalue weighted by Crippen LogP contribution is -2.49. The summed E-state index contributed by atoms with van der Waals surface area (Å²) in [5.41, 5.74) is 4.84. The van der Waals surface area contributed by atoms with Gasteiger partial charge in [-0.1, -0.05) is 19.3 Å². The van der Waals surface area contributed by atoms with Crippen molar-refractivity contribution in [3.8, 4) is 0 Å². The Bertz CT molecular complexity index is 436. The van der Waals surface area contributed by atoms with Crippen LogP contribution < -0.4 is 16.4 Å². The first kappa shape index (κ1) is 18.7. The maximum absolute atomic E-state index is 12.5. The molecule has 22 heavy (non-hydrogen) atoms. The number of carbonyl (C=O) groups excluding carboxylic acids is 3. The molecule has 2 fully saturated rings. The molecule has 7 nitrogen and oxygen atoms in total. The molecule has 0 aromatic carbocycles. The molecule has 1 heterocycles. The van der Waals surface area contributed by atoms with E-state index in [2.05, 4.69) is 10.6 Å². The van der Waals surface area contributed by atoms with Gasteiger partial charge in [0.15, 0.2) is 0 Å². The molecule has 0 aromatic heterocycles. The summed E-state index contributed by atoms with van der Waals surface area (Å²) in [7, 11) is 0. The summed E-state index contributed by atoms with van der Waals surface area (Å²) in [6.07, 6.45) is 4.94. The van der Waals surface area contributed by atoms with Gasteiger partial charge in [-0.25, -0.2) is 4.79 Å². The van der Waals surface area contributed by atoms with Crippen LogP contribution in [0.25, 0.3) is 0 Å². The Morgan fingerprint density at radius 1 is 1.36 bits per heavy atom. The van der Waals surface area contributed by atoms with Crippen molar-refractivity contribution >= 4 is 30.3 Å². The van der Waals surface area contributed by atoms with Gasteiger partial charge in [0, 0.05) is 12.6 Å². The maximum atomic E-state index is 12.5. The molecule has 1 unspecified atom stereocenters.